The molecular weight excluding hydrogens is 404 g/mol. The third-order valence-electron chi connectivity index (χ3n) is 3.75. The molecule has 1 aromatic heterocycles. The molecule has 1 amide bonds. The zero-order chi connectivity index (χ0) is 20.1. The van der Waals surface area contributed by atoms with Crippen LogP contribution in [0.25, 0.3) is 0 Å². The Kier molecular flexibility index (Phi) is 6.13. The molecular formula is C19H15ClN2O5S. The van der Waals surface area contributed by atoms with E-state index in [1.54, 1.807) is 42.8 Å². The lowest BCUT2D eigenvalue weighted by Gasteiger charge is -2.06. The van der Waals surface area contributed by atoms with Gasteiger partial charge in [0.15, 0.2) is 0 Å². The number of thiophene rings is 1. The summed E-state index contributed by atoms with van der Waals surface area (Å²) in [5.41, 5.74) is 0.640. The molecule has 0 atom stereocenters. The Morgan fingerprint density at radius 3 is 2.57 bits per heavy atom. The van der Waals surface area contributed by atoms with Crippen molar-refractivity contribution in [3.8, 4) is 11.5 Å². The maximum atomic E-state index is 12.4. The Morgan fingerprint density at radius 1 is 1.18 bits per heavy atom. The van der Waals surface area contributed by atoms with E-state index in [0.29, 0.717) is 10.6 Å². The fraction of sp³-hybridized carbons (Fsp3) is 0.105. The number of halogens is 1. The predicted molar refractivity (Wildman–Crippen MR) is 108 cm³/mol. The van der Waals surface area contributed by atoms with Gasteiger partial charge in [0.25, 0.3) is 11.6 Å². The van der Waals surface area contributed by atoms with Gasteiger partial charge in [-0.25, -0.2) is 0 Å². The van der Waals surface area contributed by atoms with Crippen LogP contribution < -0.4 is 14.8 Å². The first kappa shape index (κ1) is 19.7. The van der Waals surface area contributed by atoms with Gasteiger partial charge < -0.3 is 14.8 Å². The van der Waals surface area contributed by atoms with Crippen molar-refractivity contribution in [3.63, 3.8) is 0 Å². The fourth-order valence-electron chi connectivity index (χ4n) is 2.35. The third kappa shape index (κ3) is 4.79. The van der Waals surface area contributed by atoms with E-state index in [1.165, 1.54) is 29.5 Å². The van der Waals surface area contributed by atoms with Crippen molar-refractivity contribution in [3.05, 3.63) is 79.5 Å². The van der Waals surface area contributed by atoms with E-state index in [9.17, 15) is 14.9 Å². The van der Waals surface area contributed by atoms with Gasteiger partial charge in [-0.2, -0.15) is 0 Å². The van der Waals surface area contributed by atoms with Gasteiger partial charge in [-0.15, -0.1) is 11.3 Å². The number of nitro benzene ring substituents is 1. The Labute approximate surface area is 169 Å². The molecule has 9 heteroatoms. The minimum absolute atomic E-state index is 0.0869. The molecule has 0 aliphatic heterocycles. The lowest BCUT2D eigenvalue weighted by Crippen LogP contribution is -2.11. The van der Waals surface area contributed by atoms with Crippen LogP contribution in [0.4, 0.5) is 11.4 Å². The lowest BCUT2D eigenvalue weighted by atomic mass is 10.2. The number of carbonyl (C=O) groups is 1. The number of carbonyl (C=O) groups excluding carboxylic acids is 1. The van der Waals surface area contributed by atoms with E-state index in [2.05, 4.69) is 5.32 Å². The van der Waals surface area contributed by atoms with Crippen molar-refractivity contribution in [2.75, 3.05) is 12.4 Å². The molecule has 144 valence electrons. The largest absolute Gasteiger partial charge is 0.497 e. The minimum Gasteiger partial charge on any atom is -0.497 e. The Balaban J connectivity index is 1.64. The van der Waals surface area contributed by atoms with Gasteiger partial charge in [-0.1, -0.05) is 11.6 Å². The molecule has 0 spiro atoms. The third-order valence-corrected chi connectivity index (χ3v) is 4.96. The van der Waals surface area contributed by atoms with Gasteiger partial charge in [0, 0.05) is 16.7 Å². The highest BCUT2D eigenvalue weighted by molar-refractivity contribution is 7.12. The van der Waals surface area contributed by atoms with Crippen molar-refractivity contribution < 1.29 is 19.2 Å². The number of anilines is 1. The second kappa shape index (κ2) is 8.73. The van der Waals surface area contributed by atoms with Crippen molar-refractivity contribution in [1.82, 2.24) is 0 Å². The van der Waals surface area contributed by atoms with Crippen LogP contribution in [0.1, 0.15) is 15.2 Å². The van der Waals surface area contributed by atoms with Crippen LogP contribution in [0.3, 0.4) is 0 Å². The molecule has 0 unspecified atom stereocenters. The first-order chi connectivity index (χ1) is 13.5. The number of hydrogen-bond acceptors (Lipinski definition) is 6. The number of methoxy groups -OCH3 is 1. The zero-order valence-corrected chi connectivity index (χ0v) is 16.3. The van der Waals surface area contributed by atoms with E-state index >= 15 is 0 Å². The van der Waals surface area contributed by atoms with Gasteiger partial charge in [0.1, 0.15) is 23.8 Å². The quantitative estimate of drug-likeness (QED) is 0.423. The molecule has 2 aromatic carbocycles. The maximum Gasteiger partial charge on any atom is 0.294 e. The molecule has 0 aliphatic rings. The molecule has 28 heavy (non-hydrogen) atoms. The van der Waals surface area contributed by atoms with Crippen molar-refractivity contribution in [1.29, 1.82) is 0 Å². The van der Waals surface area contributed by atoms with Crippen LogP contribution in [0.5, 0.6) is 11.5 Å². The molecule has 0 bridgehead atoms. The molecule has 0 saturated heterocycles. The van der Waals surface area contributed by atoms with Crippen LogP contribution >= 0.6 is 22.9 Å². The first-order valence-electron chi connectivity index (χ1n) is 8.06. The normalized spacial score (nSPS) is 10.4. The van der Waals surface area contributed by atoms with E-state index < -0.39 is 10.8 Å². The van der Waals surface area contributed by atoms with Gasteiger partial charge in [-0.05, 0) is 47.8 Å². The van der Waals surface area contributed by atoms with Crippen LogP contribution in [-0.4, -0.2) is 17.9 Å². The summed E-state index contributed by atoms with van der Waals surface area (Å²) in [5.74, 6) is 0.971. The molecule has 0 aliphatic carbocycles. The van der Waals surface area contributed by atoms with Crippen LogP contribution in [-0.2, 0) is 6.61 Å². The molecule has 3 aromatic rings. The topological polar surface area (TPSA) is 90.7 Å². The summed E-state index contributed by atoms with van der Waals surface area (Å²) >= 11 is 7.01. The first-order valence-corrected chi connectivity index (χ1v) is 9.31. The minimum atomic E-state index is -0.593. The predicted octanol–water partition coefficient (Wildman–Crippen LogP) is 5.15. The number of ether oxygens (including phenoxy) is 2. The maximum absolute atomic E-state index is 12.4. The Hall–Kier alpha value is -3.10. The number of hydrogen-bond donors (Lipinski definition) is 1. The van der Waals surface area contributed by atoms with E-state index in [1.807, 2.05) is 0 Å². The summed E-state index contributed by atoms with van der Waals surface area (Å²) in [5, 5.41) is 15.7. The molecule has 1 heterocycles. The second-order valence-electron chi connectivity index (χ2n) is 5.66. The van der Waals surface area contributed by atoms with Crippen LogP contribution in [0, 0.1) is 10.1 Å². The number of benzene rings is 2. The van der Waals surface area contributed by atoms with Crippen molar-refractivity contribution in [2.45, 2.75) is 6.61 Å². The summed E-state index contributed by atoms with van der Waals surface area (Å²) in [7, 11) is 1.59. The van der Waals surface area contributed by atoms with Gasteiger partial charge in [-0.3, -0.25) is 14.9 Å². The van der Waals surface area contributed by atoms with E-state index in [-0.39, 0.29) is 23.0 Å². The number of nitrogens with one attached hydrogen (secondary N) is 1. The van der Waals surface area contributed by atoms with E-state index in [4.69, 9.17) is 21.1 Å². The van der Waals surface area contributed by atoms with Crippen molar-refractivity contribution >= 4 is 40.2 Å². The molecule has 7 nitrogen and oxygen atoms in total. The Bertz CT molecular complexity index is 1000. The summed E-state index contributed by atoms with van der Waals surface area (Å²) in [6, 6.07) is 12.9. The fourth-order valence-corrected chi connectivity index (χ4v) is 3.31. The molecule has 3 rings (SSSR count). The van der Waals surface area contributed by atoms with Gasteiger partial charge in [0.05, 0.1) is 16.9 Å². The summed E-state index contributed by atoms with van der Waals surface area (Å²) in [6.07, 6.45) is 0. The van der Waals surface area contributed by atoms with Crippen LogP contribution in [0.2, 0.25) is 5.02 Å². The highest BCUT2D eigenvalue weighted by Gasteiger charge is 2.18. The molecule has 0 fully saturated rings. The van der Waals surface area contributed by atoms with Gasteiger partial charge >= 0.3 is 0 Å². The Morgan fingerprint density at radius 2 is 1.89 bits per heavy atom. The number of amides is 1. The highest BCUT2D eigenvalue weighted by Crippen LogP contribution is 2.29. The van der Waals surface area contributed by atoms with E-state index in [0.717, 1.165) is 11.3 Å². The summed E-state index contributed by atoms with van der Waals surface area (Å²) in [6.45, 7) is 0.289. The average molecular weight is 419 g/mol. The van der Waals surface area contributed by atoms with Crippen molar-refractivity contribution in [2.24, 2.45) is 0 Å². The highest BCUT2D eigenvalue weighted by atomic mass is 35.5. The molecule has 1 N–H and O–H groups in total. The zero-order valence-electron chi connectivity index (χ0n) is 14.7. The van der Waals surface area contributed by atoms with Gasteiger partial charge in [0.2, 0.25) is 0 Å². The van der Waals surface area contributed by atoms with Crippen LogP contribution in [0.15, 0.2) is 53.9 Å². The lowest BCUT2D eigenvalue weighted by molar-refractivity contribution is -0.383. The smallest absolute Gasteiger partial charge is 0.294 e. The summed E-state index contributed by atoms with van der Waals surface area (Å²) < 4.78 is 10.8. The molecule has 0 radical (unpaired) electrons. The average Bonchev–Trinajstić information content (AvgIpc) is 3.17. The standard InChI is InChI=1S/C19H15ClN2O5S/c1-26-14-3-5-15(6-4-14)27-10-12-8-18(28-11-12)19(23)21-16-7-2-13(20)9-17(16)22(24)25/h2-9,11H,10H2,1H3,(H,21,23). The second-order valence-corrected chi connectivity index (χ2v) is 7.00. The molecule has 0 saturated carbocycles. The monoisotopic (exact) mass is 418 g/mol. The summed E-state index contributed by atoms with van der Waals surface area (Å²) in [4.78, 5) is 23.4. The SMILES string of the molecule is COc1ccc(OCc2csc(C(=O)Nc3ccc(Cl)cc3[N+](=O)[O-])c2)cc1. The number of nitro groups is 1. The number of rotatable bonds is 7. The number of nitrogens with zero attached hydrogens (tertiary/aromatic N) is 1.